The minimum absolute atomic E-state index is 0.573. The van der Waals surface area contributed by atoms with Crippen LogP contribution in [0.25, 0.3) is 21.9 Å². The molecule has 20 heavy (non-hydrogen) atoms. The third-order valence-electron chi connectivity index (χ3n) is 4.06. The van der Waals surface area contributed by atoms with Crippen molar-refractivity contribution in [3.8, 4) is 0 Å². The summed E-state index contributed by atoms with van der Waals surface area (Å²) in [7, 11) is -0.873. The highest BCUT2D eigenvalue weighted by molar-refractivity contribution is 7.37. The van der Waals surface area contributed by atoms with Crippen molar-refractivity contribution in [2.24, 2.45) is 0 Å². The smallest absolute Gasteiger partial charge is 0.219 e. The third-order valence-corrected chi connectivity index (χ3v) is 5.93. The molecule has 3 heteroatoms. The summed E-state index contributed by atoms with van der Waals surface area (Å²) in [6.07, 6.45) is 5.07. The highest BCUT2D eigenvalue weighted by atomic mass is 31.1. The summed E-state index contributed by atoms with van der Waals surface area (Å²) in [6, 6.07) is 16.5. The van der Waals surface area contributed by atoms with Crippen LogP contribution in [0, 0.1) is 0 Å². The fraction of sp³-hybridized carbons (Fsp3) is 0.294. The quantitative estimate of drug-likeness (QED) is 0.516. The lowest BCUT2D eigenvalue weighted by Gasteiger charge is -2.04. The second-order valence-electron chi connectivity index (χ2n) is 5.40. The Morgan fingerprint density at radius 3 is 1.80 bits per heavy atom. The van der Waals surface area contributed by atoms with E-state index in [0.29, 0.717) is 5.66 Å². The van der Waals surface area contributed by atoms with Gasteiger partial charge < -0.3 is 8.39 Å². The normalized spacial score (nSPS) is 16.0. The molecular weight excluding hydrogens is 267 g/mol. The Hall–Kier alpha value is -1.66. The lowest BCUT2D eigenvalue weighted by atomic mass is 10.1. The molecule has 1 saturated carbocycles. The second-order valence-corrected chi connectivity index (χ2v) is 7.06. The minimum atomic E-state index is -0.873. The number of benzene rings is 2. The molecule has 4 rings (SSSR count). The van der Waals surface area contributed by atoms with Gasteiger partial charge in [-0.15, -0.1) is 0 Å². The molecule has 3 aromatic rings. The van der Waals surface area contributed by atoms with Crippen LogP contribution in [0.1, 0.15) is 31.3 Å². The summed E-state index contributed by atoms with van der Waals surface area (Å²) >= 11 is 0. The zero-order chi connectivity index (χ0) is 13.4. The number of para-hydroxylation sites is 2. The maximum atomic E-state index is 6.27. The van der Waals surface area contributed by atoms with Gasteiger partial charge in [0.2, 0.25) is 8.01 Å². The lowest BCUT2D eigenvalue weighted by Crippen LogP contribution is -1.76. The van der Waals surface area contributed by atoms with Crippen molar-refractivity contribution in [1.29, 1.82) is 0 Å². The molecule has 0 N–H and O–H groups in total. The van der Waals surface area contributed by atoms with Crippen molar-refractivity contribution in [2.75, 3.05) is 0 Å². The van der Waals surface area contributed by atoms with Crippen molar-refractivity contribution in [3.05, 3.63) is 48.5 Å². The molecule has 1 aromatic heterocycles. The molecule has 1 aliphatic carbocycles. The monoisotopic (exact) mass is 284 g/mol. The fourth-order valence-corrected chi connectivity index (χ4v) is 4.84. The van der Waals surface area contributed by atoms with E-state index in [9.17, 15) is 0 Å². The SMILES string of the molecule is c1ccc2c(c1)op(C1CCCC1)oc1ccccc12. The van der Waals surface area contributed by atoms with E-state index in [1.54, 1.807) is 0 Å². The van der Waals surface area contributed by atoms with Gasteiger partial charge in [0.05, 0.1) is 5.66 Å². The van der Waals surface area contributed by atoms with Gasteiger partial charge in [-0.2, -0.15) is 0 Å². The van der Waals surface area contributed by atoms with E-state index in [1.807, 2.05) is 12.1 Å². The number of hydrogen-bond donors (Lipinski definition) is 0. The van der Waals surface area contributed by atoms with Crippen LogP contribution >= 0.6 is 8.01 Å². The Balaban J connectivity index is 2.09. The van der Waals surface area contributed by atoms with Gasteiger partial charge in [-0.25, -0.2) is 0 Å². The molecule has 1 aliphatic rings. The third kappa shape index (κ3) is 2.05. The number of hydrogen-bond acceptors (Lipinski definition) is 2. The highest BCUT2D eigenvalue weighted by Crippen LogP contribution is 2.50. The predicted octanol–water partition coefficient (Wildman–Crippen LogP) is 6.41. The van der Waals surface area contributed by atoms with Crippen LogP contribution in [0.2, 0.25) is 0 Å². The molecule has 0 spiro atoms. The van der Waals surface area contributed by atoms with Crippen LogP contribution in [-0.2, 0) is 0 Å². The Morgan fingerprint density at radius 2 is 1.25 bits per heavy atom. The molecule has 0 amide bonds. The van der Waals surface area contributed by atoms with Crippen LogP contribution < -0.4 is 0 Å². The zero-order valence-corrected chi connectivity index (χ0v) is 12.2. The van der Waals surface area contributed by atoms with Gasteiger partial charge in [0, 0.05) is 10.8 Å². The first-order chi connectivity index (χ1) is 9.92. The molecule has 2 aromatic carbocycles. The number of rotatable bonds is 1. The molecule has 102 valence electrons. The highest BCUT2D eigenvalue weighted by Gasteiger charge is 2.21. The van der Waals surface area contributed by atoms with Gasteiger partial charge in [-0.05, 0) is 25.0 Å². The molecular formula is C17H17O2P. The first-order valence-electron chi connectivity index (χ1n) is 7.25. The maximum absolute atomic E-state index is 6.27. The van der Waals surface area contributed by atoms with Gasteiger partial charge in [-0.1, -0.05) is 49.2 Å². The molecule has 1 fully saturated rings. The summed E-state index contributed by atoms with van der Waals surface area (Å²) in [5, 5.41) is 2.29. The molecule has 1 heterocycles. The van der Waals surface area contributed by atoms with Crippen molar-refractivity contribution in [2.45, 2.75) is 31.3 Å². The van der Waals surface area contributed by atoms with E-state index < -0.39 is 8.01 Å². The van der Waals surface area contributed by atoms with Gasteiger partial charge >= 0.3 is 0 Å². The summed E-state index contributed by atoms with van der Waals surface area (Å²) < 4.78 is 12.5. The van der Waals surface area contributed by atoms with Gasteiger partial charge in [-0.3, -0.25) is 0 Å². The van der Waals surface area contributed by atoms with Crippen LogP contribution in [0.15, 0.2) is 56.9 Å². The maximum Gasteiger partial charge on any atom is 0.219 e. The average Bonchev–Trinajstić information content (AvgIpc) is 2.97. The number of fused-ring (bicyclic) bond motifs is 3. The van der Waals surface area contributed by atoms with Crippen molar-refractivity contribution in [1.82, 2.24) is 0 Å². The van der Waals surface area contributed by atoms with E-state index in [1.165, 1.54) is 25.7 Å². The summed E-state index contributed by atoms with van der Waals surface area (Å²) in [5.74, 6) is 0. The molecule has 0 atom stereocenters. The van der Waals surface area contributed by atoms with Crippen molar-refractivity contribution >= 4 is 30.0 Å². The molecule has 0 unspecified atom stereocenters. The summed E-state index contributed by atoms with van der Waals surface area (Å²) in [6.45, 7) is 0. The van der Waals surface area contributed by atoms with Crippen molar-refractivity contribution in [3.63, 3.8) is 0 Å². The largest absolute Gasteiger partial charge is 0.419 e. The van der Waals surface area contributed by atoms with E-state index in [0.717, 1.165) is 21.9 Å². The predicted molar refractivity (Wildman–Crippen MR) is 83.8 cm³/mol. The van der Waals surface area contributed by atoms with Gasteiger partial charge in [0.15, 0.2) is 0 Å². The summed E-state index contributed by atoms with van der Waals surface area (Å²) in [4.78, 5) is 0. The second kappa shape index (κ2) is 5.03. The molecule has 0 bridgehead atoms. The van der Waals surface area contributed by atoms with E-state index in [-0.39, 0.29) is 0 Å². The topological polar surface area (TPSA) is 26.3 Å². The molecule has 0 aliphatic heterocycles. The van der Waals surface area contributed by atoms with Crippen LogP contribution in [0.4, 0.5) is 0 Å². The van der Waals surface area contributed by atoms with Gasteiger partial charge in [0.25, 0.3) is 0 Å². The first kappa shape index (κ1) is 12.1. The van der Waals surface area contributed by atoms with Crippen molar-refractivity contribution < 1.29 is 8.39 Å². The molecule has 0 saturated heterocycles. The van der Waals surface area contributed by atoms with E-state index in [4.69, 9.17) is 8.39 Å². The molecule has 2 nitrogen and oxygen atoms in total. The van der Waals surface area contributed by atoms with Gasteiger partial charge in [0.1, 0.15) is 11.2 Å². The van der Waals surface area contributed by atoms with E-state index in [2.05, 4.69) is 36.4 Å². The Labute approximate surface area is 118 Å². The Kier molecular flexibility index (Phi) is 3.05. The first-order valence-corrected chi connectivity index (χ1v) is 8.50. The zero-order valence-electron chi connectivity index (χ0n) is 11.3. The van der Waals surface area contributed by atoms with Crippen LogP contribution in [0.5, 0.6) is 0 Å². The minimum Gasteiger partial charge on any atom is -0.419 e. The van der Waals surface area contributed by atoms with Crippen LogP contribution in [0.3, 0.4) is 0 Å². The standard InChI is InChI=1S/C17H17O2P/c1-2-8-13(7-1)20-18-16-11-5-3-9-14(16)15-10-4-6-12-17(15)19-20/h3-6,9-13H,1-2,7-8H2. The Morgan fingerprint density at radius 1 is 0.750 bits per heavy atom. The van der Waals surface area contributed by atoms with E-state index >= 15 is 0 Å². The fourth-order valence-electron chi connectivity index (χ4n) is 3.01. The average molecular weight is 284 g/mol. The summed E-state index contributed by atoms with van der Waals surface area (Å²) in [5.41, 5.74) is 2.51. The lowest BCUT2D eigenvalue weighted by molar-refractivity contribution is 0.606. The van der Waals surface area contributed by atoms with Crippen LogP contribution in [-0.4, -0.2) is 0 Å². The Bertz CT molecular complexity index is 727. The molecule has 0 radical (unpaired) electrons.